The van der Waals surface area contributed by atoms with E-state index in [1.54, 1.807) is 0 Å². The lowest BCUT2D eigenvalue weighted by Crippen LogP contribution is -2.55. The predicted octanol–water partition coefficient (Wildman–Crippen LogP) is 2.11. The molecule has 2 aliphatic heterocycles. The number of benzene rings is 1. The number of guanidine groups is 1. The maximum Gasteiger partial charge on any atom is 0.251 e. The molecule has 1 saturated carbocycles. The van der Waals surface area contributed by atoms with E-state index in [0.29, 0.717) is 45.8 Å². The molecule has 3 atom stereocenters. The van der Waals surface area contributed by atoms with Gasteiger partial charge in [0.2, 0.25) is 0 Å². The molecule has 1 aromatic carbocycles. The molecule has 3 unspecified atom stereocenters. The van der Waals surface area contributed by atoms with Gasteiger partial charge in [-0.2, -0.15) is 0 Å². The minimum Gasteiger partial charge on any atom is -0.368 e. The van der Waals surface area contributed by atoms with Crippen LogP contribution in [0, 0.1) is 11.6 Å². The molecule has 2 heterocycles. The van der Waals surface area contributed by atoms with Crippen molar-refractivity contribution in [3.63, 3.8) is 0 Å². The SMILES string of the molecule is CCN=C(NC1CC1c1c(F)cccc1F)N1CCN(C(=O)C2CCCO2)CC1. The number of nitrogens with zero attached hydrogens (tertiary/aromatic N) is 3. The predicted molar refractivity (Wildman–Crippen MR) is 106 cm³/mol. The Labute approximate surface area is 169 Å². The second-order valence-corrected chi connectivity index (χ2v) is 7.84. The van der Waals surface area contributed by atoms with Crippen molar-refractivity contribution in [1.29, 1.82) is 0 Å². The third-order valence-corrected chi connectivity index (χ3v) is 5.88. The van der Waals surface area contributed by atoms with Gasteiger partial charge in [0, 0.05) is 56.9 Å². The number of halogens is 2. The van der Waals surface area contributed by atoms with E-state index < -0.39 is 11.6 Å². The zero-order chi connectivity index (χ0) is 20.4. The summed E-state index contributed by atoms with van der Waals surface area (Å²) in [7, 11) is 0. The number of hydrogen-bond acceptors (Lipinski definition) is 3. The second kappa shape index (κ2) is 8.65. The fourth-order valence-corrected chi connectivity index (χ4v) is 4.21. The van der Waals surface area contributed by atoms with Crippen LogP contribution in [0.4, 0.5) is 8.78 Å². The highest BCUT2D eigenvalue weighted by Gasteiger charge is 2.43. The summed E-state index contributed by atoms with van der Waals surface area (Å²) >= 11 is 0. The Kier molecular flexibility index (Phi) is 5.99. The molecular weight excluding hydrogens is 378 g/mol. The lowest BCUT2D eigenvalue weighted by atomic mass is 10.1. The Morgan fingerprint density at radius 3 is 2.52 bits per heavy atom. The molecule has 158 valence electrons. The summed E-state index contributed by atoms with van der Waals surface area (Å²) in [4.78, 5) is 21.1. The minimum absolute atomic E-state index is 0.0294. The summed E-state index contributed by atoms with van der Waals surface area (Å²) in [5.74, 6) is -0.327. The molecule has 1 N–H and O–H groups in total. The monoisotopic (exact) mass is 406 g/mol. The average molecular weight is 406 g/mol. The van der Waals surface area contributed by atoms with E-state index in [1.807, 2.05) is 11.8 Å². The minimum atomic E-state index is -0.491. The van der Waals surface area contributed by atoms with Crippen LogP contribution >= 0.6 is 0 Å². The van der Waals surface area contributed by atoms with Crippen LogP contribution in [0.3, 0.4) is 0 Å². The van der Waals surface area contributed by atoms with Gasteiger partial charge in [-0.1, -0.05) is 6.07 Å². The zero-order valence-electron chi connectivity index (χ0n) is 16.7. The highest BCUT2D eigenvalue weighted by Crippen LogP contribution is 2.43. The van der Waals surface area contributed by atoms with E-state index in [-0.39, 0.29) is 29.5 Å². The molecule has 29 heavy (non-hydrogen) atoms. The maximum atomic E-state index is 14.0. The standard InChI is InChI=1S/C21H28F2N4O2/c1-2-24-21(25-17-13-14(17)19-15(22)5-3-6-16(19)23)27-10-8-26(9-11-27)20(28)18-7-4-12-29-18/h3,5-6,14,17-18H,2,4,7-13H2,1H3,(H,24,25). The van der Waals surface area contributed by atoms with Crippen molar-refractivity contribution in [2.75, 3.05) is 39.3 Å². The largest absolute Gasteiger partial charge is 0.368 e. The fraction of sp³-hybridized carbons (Fsp3) is 0.619. The van der Waals surface area contributed by atoms with Gasteiger partial charge in [0.25, 0.3) is 5.91 Å². The molecule has 1 aliphatic carbocycles. The van der Waals surface area contributed by atoms with Crippen LogP contribution in [-0.4, -0.2) is 73.1 Å². The Hall–Kier alpha value is -2.22. The maximum absolute atomic E-state index is 14.0. The molecule has 8 heteroatoms. The molecule has 0 bridgehead atoms. The van der Waals surface area contributed by atoms with E-state index >= 15 is 0 Å². The Morgan fingerprint density at radius 1 is 1.21 bits per heavy atom. The van der Waals surface area contributed by atoms with Crippen molar-refractivity contribution in [2.45, 2.75) is 44.2 Å². The van der Waals surface area contributed by atoms with E-state index in [1.165, 1.54) is 18.2 Å². The Morgan fingerprint density at radius 2 is 1.90 bits per heavy atom. The van der Waals surface area contributed by atoms with Gasteiger partial charge in [0.1, 0.15) is 17.7 Å². The van der Waals surface area contributed by atoms with Gasteiger partial charge >= 0.3 is 0 Å². The number of hydrogen-bond donors (Lipinski definition) is 1. The third kappa shape index (κ3) is 4.37. The lowest BCUT2D eigenvalue weighted by molar-refractivity contribution is -0.142. The molecule has 3 aliphatic rings. The summed E-state index contributed by atoms with van der Waals surface area (Å²) in [5.41, 5.74) is 0.160. The normalized spacial score (nSPS) is 27.3. The van der Waals surface area contributed by atoms with Gasteiger partial charge in [-0.05, 0) is 38.3 Å². The number of aliphatic imine (C=N–C) groups is 1. The number of nitrogens with one attached hydrogen (secondary N) is 1. The molecular formula is C21H28F2N4O2. The Balaban J connectivity index is 1.34. The van der Waals surface area contributed by atoms with Crippen LogP contribution in [0.15, 0.2) is 23.2 Å². The van der Waals surface area contributed by atoms with Gasteiger partial charge in [-0.25, -0.2) is 8.78 Å². The van der Waals surface area contributed by atoms with Crippen molar-refractivity contribution in [2.24, 2.45) is 4.99 Å². The molecule has 0 radical (unpaired) electrons. The fourth-order valence-electron chi connectivity index (χ4n) is 4.21. The van der Waals surface area contributed by atoms with Gasteiger partial charge < -0.3 is 19.9 Å². The summed E-state index contributed by atoms with van der Waals surface area (Å²) < 4.78 is 33.6. The first-order valence-electron chi connectivity index (χ1n) is 10.5. The van der Waals surface area contributed by atoms with Crippen molar-refractivity contribution in [1.82, 2.24) is 15.1 Å². The molecule has 0 spiro atoms. The first-order valence-corrected chi connectivity index (χ1v) is 10.5. The van der Waals surface area contributed by atoms with Crippen LogP contribution in [0.25, 0.3) is 0 Å². The number of carbonyl (C=O) groups excluding carboxylic acids is 1. The van der Waals surface area contributed by atoms with E-state index in [2.05, 4.69) is 15.2 Å². The molecule has 3 fully saturated rings. The van der Waals surface area contributed by atoms with E-state index in [9.17, 15) is 13.6 Å². The molecule has 1 amide bonds. The molecule has 0 aromatic heterocycles. The summed E-state index contributed by atoms with van der Waals surface area (Å²) in [5, 5.41) is 3.38. The van der Waals surface area contributed by atoms with Crippen LogP contribution < -0.4 is 5.32 Å². The molecule has 2 saturated heterocycles. The van der Waals surface area contributed by atoms with Gasteiger partial charge in [0.05, 0.1) is 0 Å². The highest BCUT2D eigenvalue weighted by molar-refractivity contribution is 5.83. The van der Waals surface area contributed by atoms with Gasteiger partial charge in [0.15, 0.2) is 5.96 Å². The van der Waals surface area contributed by atoms with E-state index in [4.69, 9.17) is 4.74 Å². The lowest BCUT2D eigenvalue weighted by Gasteiger charge is -2.37. The third-order valence-electron chi connectivity index (χ3n) is 5.88. The van der Waals surface area contributed by atoms with Crippen molar-refractivity contribution in [3.8, 4) is 0 Å². The van der Waals surface area contributed by atoms with Crippen LogP contribution in [0.5, 0.6) is 0 Å². The molecule has 1 aromatic rings. The second-order valence-electron chi connectivity index (χ2n) is 7.84. The number of amides is 1. The highest BCUT2D eigenvalue weighted by atomic mass is 19.1. The molecule has 4 rings (SSSR count). The smallest absolute Gasteiger partial charge is 0.251 e. The van der Waals surface area contributed by atoms with Crippen LogP contribution in [0.1, 0.15) is 37.7 Å². The summed E-state index contributed by atoms with van der Waals surface area (Å²) in [6.07, 6.45) is 2.14. The zero-order valence-corrected chi connectivity index (χ0v) is 16.7. The van der Waals surface area contributed by atoms with Gasteiger partial charge in [-0.15, -0.1) is 0 Å². The van der Waals surface area contributed by atoms with E-state index in [0.717, 1.165) is 18.8 Å². The first kappa shape index (κ1) is 20.1. The number of carbonyl (C=O) groups is 1. The topological polar surface area (TPSA) is 57.2 Å². The average Bonchev–Trinajstić information content (AvgIpc) is 3.24. The summed E-state index contributed by atoms with van der Waals surface area (Å²) in [6.45, 7) is 5.84. The quantitative estimate of drug-likeness (QED) is 0.615. The number of ether oxygens (including phenoxy) is 1. The van der Waals surface area contributed by atoms with Crippen molar-refractivity contribution >= 4 is 11.9 Å². The molecule has 6 nitrogen and oxygen atoms in total. The number of piperazine rings is 1. The van der Waals surface area contributed by atoms with Crippen LogP contribution in [0.2, 0.25) is 0 Å². The first-order chi connectivity index (χ1) is 14.1. The Bertz CT molecular complexity index is 754. The number of rotatable bonds is 4. The van der Waals surface area contributed by atoms with Crippen molar-refractivity contribution in [3.05, 3.63) is 35.4 Å². The van der Waals surface area contributed by atoms with Gasteiger partial charge in [-0.3, -0.25) is 9.79 Å². The van der Waals surface area contributed by atoms with Crippen LogP contribution in [-0.2, 0) is 9.53 Å². The van der Waals surface area contributed by atoms with Crippen molar-refractivity contribution < 1.29 is 18.3 Å². The summed E-state index contributed by atoms with van der Waals surface area (Å²) in [6, 6.07) is 3.97.